The second kappa shape index (κ2) is 8.13. The molecule has 0 amide bonds. The van der Waals surface area contributed by atoms with Crippen LogP contribution in [-0.4, -0.2) is 36.5 Å². The average Bonchev–Trinajstić information content (AvgIpc) is 2.69. The summed E-state index contributed by atoms with van der Waals surface area (Å²) in [5.41, 5.74) is 0. The summed E-state index contributed by atoms with van der Waals surface area (Å²) in [5.74, 6) is 1.48. The Kier molecular flexibility index (Phi) is 7.20. The Hall–Kier alpha value is -0.120. The summed E-state index contributed by atoms with van der Waals surface area (Å²) in [6, 6.07) is 0.600. The molecule has 0 spiro atoms. The number of ether oxygens (including phenoxy) is 1. The van der Waals surface area contributed by atoms with E-state index in [0.29, 0.717) is 25.1 Å². The van der Waals surface area contributed by atoms with Gasteiger partial charge in [-0.1, -0.05) is 20.8 Å². The zero-order chi connectivity index (χ0) is 13.5. The molecule has 1 saturated carbocycles. The van der Waals surface area contributed by atoms with E-state index in [1.54, 1.807) is 0 Å². The minimum absolute atomic E-state index is 0.242. The van der Waals surface area contributed by atoms with E-state index in [2.05, 4.69) is 33.0 Å². The van der Waals surface area contributed by atoms with Gasteiger partial charge in [0.05, 0.1) is 18.8 Å². The molecule has 0 saturated heterocycles. The molecule has 0 aromatic rings. The van der Waals surface area contributed by atoms with Gasteiger partial charge < -0.3 is 15.2 Å². The van der Waals surface area contributed by atoms with Crippen LogP contribution in [0.2, 0.25) is 0 Å². The Morgan fingerprint density at radius 1 is 1.28 bits per heavy atom. The molecule has 4 unspecified atom stereocenters. The molecule has 18 heavy (non-hydrogen) atoms. The molecule has 0 heterocycles. The third-order valence-electron chi connectivity index (χ3n) is 3.71. The van der Waals surface area contributed by atoms with Crippen LogP contribution in [0.1, 0.15) is 53.4 Å². The maximum atomic E-state index is 9.87. The van der Waals surface area contributed by atoms with Gasteiger partial charge in [0, 0.05) is 12.6 Å². The van der Waals surface area contributed by atoms with Gasteiger partial charge in [-0.2, -0.15) is 0 Å². The number of hydrogen-bond acceptors (Lipinski definition) is 3. The van der Waals surface area contributed by atoms with Gasteiger partial charge in [-0.15, -0.1) is 0 Å². The van der Waals surface area contributed by atoms with E-state index >= 15 is 0 Å². The van der Waals surface area contributed by atoms with Crippen LogP contribution < -0.4 is 5.32 Å². The van der Waals surface area contributed by atoms with Gasteiger partial charge in [-0.25, -0.2) is 0 Å². The van der Waals surface area contributed by atoms with Crippen LogP contribution in [-0.2, 0) is 4.74 Å². The van der Waals surface area contributed by atoms with Crippen molar-refractivity contribution in [2.24, 2.45) is 11.8 Å². The van der Waals surface area contributed by atoms with Gasteiger partial charge in [-0.05, 0) is 44.4 Å². The SMILES string of the molecule is CC(C)CC(C)OCC(O)CNC1CCC(C)C1. The van der Waals surface area contributed by atoms with Crippen molar-refractivity contribution in [1.82, 2.24) is 5.32 Å². The van der Waals surface area contributed by atoms with Crippen LogP contribution in [0.25, 0.3) is 0 Å². The quantitative estimate of drug-likeness (QED) is 0.702. The Labute approximate surface area is 112 Å². The van der Waals surface area contributed by atoms with Gasteiger partial charge in [0.2, 0.25) is 0 Å². The monoisotopic (exact) mass is 257 g/mol. The number of hydrogen-bond donors (Lipinski definition) is 2. The zero-order valence-electron chi connectivity index (χ0n) is 12.5. The number of rotatable bonds is 8. The largest absolute Gasteiger partial charge is 0.389 e. The molecule has 3 heteroatoms. The van der Waals surface area contributed by atoms with Gasteiger partial charge >= 0.3 is 0 Å². The van der Waals surface area contributed by atoms with Gasteiger partial charge in [-0.3, -0.25) is 0 Å². The van der Waals surface area contributed by atoms with Crippen molar-refractivity contribution >= 4 is 0 Å². The molecule has 108 valence electrons. The number of aliphatic hydroxyl groups excluding tert-OH is 1. The van der Waals surface area contributed by atoms with Crippen molar-refractivity contribution < 1.29 is 9.84 Å². The minimum atomic E-state index is -0.379. The lowest BCUT2D eigenvalue weighted by Crippen LogP contribution is -2.36. The molecule has 1 aliphatic rings. The normalized spacial score (nSPS) is 27.7. The zero-order valence-corrected chi connectivity index (χ0v) is 12.5. The topological polar surface area (TPSA) is 41.5 Å². The molecule has 4 atom stereocenters. The highest BCUT2D eigenvalue weighted by Gasteiger charge is 2.21. The summed E-state index contributed by atoms with van der Waals surface area (Å²) in [7, 11) is 0. The van der Waals surface area contributed by atoms with Crippen molar-refractivity contribution in [3.8, 4) is 0 Å². The molecular formula is C15H31NO2. The molecule has 0 aromatic heterocycles. The van der Waals surface area contributed by atoms with Crippen LogP contribution in [0.15, 0.2) is 0 Å². The van der Waals surface area contributed by atoms with Gasteiger partial charge in [0.1, 0.15) is 0 Å². The van der Waals surface area contributed by atoms with E-state index in [-0.39, 0.29) is 12.2 Å². The van der Waals surface area contributed by atoms with E-state index in [4.69, 9.17) is 4.74 Å². The van der Waals surface area contributed by atoms with E-state index in [9.17, 15) is 5.11 Å². The lowest BCUT2D eigenvalue weighted by atomic mass is 10.1. The van der Waals surface area contributed by atoms with Gasteiger partial charge in [0.15, 0.2) is 0 Å². The van der Waals surface area contributed by atoms with Crippen molar-refractivity contribution in [1.29, 1.82) is 0 Å². The summed E-state index contributed by atoms with van der Waals surface area (Å²) in [5, 5.41) is 13.3. The molecule has 0 bridgehead atoms. The number of aliphatic hydroxyl groups is 1. The van der Waals surface area contributed by atoms with E-state index in [1.165, 1.54) is 19.3 Å². The lowest BCUT2D eigenvalue weighted by Gasteiger charge is -2.20. The first-order chi connectivity index (χ1) is 8.47. The highest BCUT2D eigenvalue weighted by atomic mass is 16.5. The summed E-state index contributed by atoms with van der Waals surface area (Å²) < 4.78 is 5.66. The summed E-state index contributed by atoms with van der Waals surface area (Å²) in [6.07, 6.45) is 4.73. The highest BCUT2D eigenvalue weighted by molar-refractivity contribution is 4.79. The fourth-order valence-electron chi connectivity index (χ4n) is 2.76. The Balaban J connectivity index is 2.04. The van der Waals surface area contributed by atoms with E-state index < -0.39 is 0 Å². The Bertz CT molecular complexity index is 221. The molecule has 1 rings (SSSR count). The minimum Gasteiger partial charge on any atom is -0.389 e. The van der Waals surface area contributed by atoms with Crippen molar-refractivity contribution in [2.45, 2.75) is 71.6 Å². The molecule has 1 fully saturated rings. The van der Waals surface area contributed by atoms with Crippen LogP contribution in [0.4, 0.5) is 0 Å². The Morgan fingerprint density at radius 3 is 2.56 bits per heavy atom. The summed E-state index contributed by atoms with van der Waals surface area (Å²) in [6.45, 7) is 9.88. The van der Waals surface area contributed by atoms with Crippen LogP contribution in [0.5, 0.6) is 0 Å². The maximum Gasteiger partial charge on any atom is 0.0897 e. The molecule has 1 aliphatic carbocycles. The fraction of sp³-hybridized carbons (Fsp3) is 1.00. The van der Waals surface area contributed by atoms with Crippen molar-refractivity contribution in [2.75, 3.05) is 13.2 Å². The summed E-state index contributed by atoms with van der Waals surface area (Å²) >= 11 is 0. The van der Waals surface area contributed by atoms with Gasteiger partial charge in [0.25, 0.3) is 0 Å². The molecule has 2 N–H and O–H groups in total. The lowest BCUT2D eigenvalue weighted by molar-refractivity contribution is -0.00923. The average molecular weight is 257 g/mol. The second-order valence-electron chi connectivity index (χ2n) is 6.45. The van der Waals surface area contributed by atoms with E-state index in [1.807, 2.05) is 0 Å². The van der Waals surface area contributed by atoms with Crippen molar-refractivity contribution in [3.63, 3.8) is 0 Å². The molecular weight excluding hydrogens is 226 g/mol. The van der Waals surface area contributed by atoms with Crippen LogP contribution >= 0.6 is 0 Å². The second-order valence-corrected chi connectivity index (χ2v) is 6.45. The summed E-state index contributed by atoms with van der Waals surface area (Å²) in [4.78, 5) is 0. The smallest absolute Gasteiger partial charge is 0.0897 e. The third kappa shape index (κ3) is 6.72. The molecule has 0 radical (unpaired) electrons. The Morgan fingerprint density at radius 2 is 2.00 bits per heavy atom. The predicted molar refractivity (Wildman–Crippen MR) is 75.7 cm³/mol. The molecule has 3 nitrogen and oxygen atoms in total. The van der Waals surface area contributed by atoms with Crippen molar-refractivity contribution in [3.05, 3.63) is 0 Å². The highest BCUT2D eigenvalue weighted by Crippen LogP contribution is 2.24. The predicted octanol–water partition coefficient (Wildman–Crippen LogP) is 2.58. The first-order valence-electron chi connectivity index (χ1n) is 7.50. The maximum absolute atomic E-state index is 9.87. The van der Waals surface area contributed by atoms with Crippen LogP contribution in [0, 0.1) is 11.8 Å². The number of nitrogens with one attached hydrogen (secondary N) is 1. The molecule has 0 aliphatic heterocycles. The standard InChI is InChI=1S/C15H31NO2/c1-11(2)7-13(4)18-10-15(17)9-16-14-6-5-12(3)8-14/h11-17H,5-10H2,1-4H3. The van der Waals surface area contributed by atoms with E-state index in [0.717, 1.165) is 12.3 Å². The third-order valence-corrected chi connectivity index (χ3v) is 3.71. The first-order valence-corrected chi connectivity index (χ1v) is 7.50. The first kappa shape index (κ1) is 15.9. The fourth-order valence-corrected chi connectivity index (χ4v) is 2.76. The van der Waals surface area contributed by atoms with Crippen LogP contribution in [0.3, 0.4) is 0 Å². The molecule has 0 aromatic carbocycles.